The van der Waals surface area contributed by atoms with Crippen molar-refractivity contribution >= 4 is 50.6 Å². The number of nitrogens with zero attached hydrogens (tertiary/aromatic N) is 2. The van der Waals surface area contributed by atoms with Gasteiger partial charge >= 0.3 is 0 Å². The molecule has 2 aliphatic rings. The van der Waals surface area contributed by atoms with E-state index in [1.807, 2.05) is 0 Å². The number of sulfonamides is 1. The fraction of sp³-hybridized carbons (Fsp3) is 0.478. The number of primary amides is 1. The number of amides is 2. The number of rotatable bonds is 7. The van der Waals surface area contributed by atoms with Gasteiger partial charge in [0.15, 0.2) is 0 Å². The van der Waals surface area contributed by atoms with Crippen molar-refractivity contribution in [1.29, 1.82) is 0 Å². The number of anilines is 1. The van der Waals surface area contributed by atoms with Crippen LogP contribution in [0.4, 0.5) is 5.00 Å². The van der Waals surface area contributed by atoms with Crippen molar-refractivity contribution in [2.24, 2.45) is 5.73 Å². The van der Waals surface area contributed by atoms with E-state index in [4.69, 9.17) is 5.73 Å². The van der Waals surface area contributed by atoms with Crippen molar-refractivity contribution < 1.29 is 18.0 Å². The maximum absolute atomic E-state index is 12.9. The molecular formula is C23H31ClN4O4S2. The Balaban J connectivity index is 0.00000324. The van der Waals surface area contributed by atoms with E-state index in [2.05, 4.69) is 17.1 Å². The number of nitrogens with one attached hydrogen (secondary N) is 1. The molecular weight excluding hydrogens is 496 g/mol. The third-order valence-electron chi connectivity index (χ3n) is 6.69. The van der Waals surface area contributed by atoms with E-state index in [0.29, 0.717) is 16.1 Å². The minimum atomic E-state index is -3.61. The minimum absolute atomic E-state index is 0. The summed E-state index contributed by atoms with van der Waals surface area (Å²) >= 11 is 1.38. The molecule has 2 heterocycles. The smallest absolute Gasteiger partial charge is 0.256 e. The number of thiophene rings is 1. The van der Waals surface area contributed by atoms with Gasteiger partial charge in [0.1, 0.15) is 5.00 Å². The third kappa shape index (κ3) is 5.16. The normalized spacial score (nSPS) is 16.8. The summed E-state index contributed by atoms with van der Waals surface area (Å²) in [5.74, 6) is -0.958. The van der Waals surface area contributed by atoms with E-state index in [0.717, 1.165) is 62.2 Å². The van der Waals surface area contributed by atoms with Gasteiger partial charge in [0.2, 0.25) is 10.0 Å². The van der Waals surface area contributed by atoms with E-state index < -0.39 is 21.8 Å². The van der Waals surface area contributed by atoms with Crippen LogP contribution in [-0.2, 0) is 23.0 Å². The molecule has 1 aromatic carbocycles. The maximum atomic E-state index is 12.9. The number of likely N-dealkylation sites (N-methyl/N-ethyl adjacent to an activating group) is 1. The molecule has 11 heteroatoms. The van der Waals surface area contributed by atoms with Crippen molar-refractivity contribution in [3.05, 3.63) is 45.8 Å². The number of hydrogen-bond acceptors (Lipinski definition) is 6. The molecule has 1 fully saturated rings. The van der Waals surface area contributed by atoms with Crippen molar-refractivity contribution in [1.82, 2.24) is 9.21 Å². The zero-order valence-electron chi connectivity index (χ0n) is 19.4. The van der Waals surface area contributed by atoms with Gasteiger partial charge in [-0.05, 0) is 55.6 Å². The number of benzene rings is 1. The van der Waals surface area contributed by atoms with Gasteiger partial charge in [0.25, 0.3) is 11.8 Å². The molecule has 8 nitrogen and oxygen atoms in total. The van der Waals surface area contributed by atoms with Crippen LogP contribution < -0.4 is 11.1 Å². The third-order valence-corrected chi connectivity index (χ3v) is 9.75. The van der Waals surface area contributed by atoms with E-state index in [1.165, 1.54) is 39.9 Å². The Morgan fingerprint density at radius 2 is 1.85 bits per heavy atom. The monoisotopic (exact) mass is 526 g/mol. The van der Waals surface area contributed by atoms with E-state index >= 15 is 0 Å². The molecule has 1 aromatic heterocycles. The molecule has 1 aliphatic heterocycles. The first-order valence-corrected chi connectivity index (χ1v) is 13.5. The molecule has 0 saturated heterocycles. The molecule has 4 rings (SSSR count). The second-order valence-electron chi connectivity index (χ2n) is 8.63. The lowest BCUT2D eigenvalue weighted by Gasteiger charge is -2.25. The van der Waals surface area contributed by atoms with E-state index in [9.17, 15) is 18.0 Å². The van der Waals surface area contributed by atoms with Gasteiger partial charge in [0, 0.05) is 36.6 Å². The van der Waals surface area contributed by atoms with E-state index in [-0.39, 0.29) is 23.3 Å². The molecule has 0 radical (unpaired) electrons. The van der Waals surface area contributed by atoms with Gasteiger partial charge in [0.05, 0.1) is 10.5 Å². The van der Waals surface area contributed by atoms with Crippen LogP contribution in [0.25, 0.3) is 0 Å². The molecule has 0 atom stereocenters. The van der Waals surface area contributed by atoms with Gasteiger partial charge in [-0.15, -0.1) is 23.7 Å². The number of carbonyl (C=O) groups excluding carboxylic acids is 2. The van der Waals surface area contributed by atoms with Gasteiger partial charge in [-0.1, -0.05) is 19.8 Å². The zero-order chi connectivity index (χ0) is 23.8. The molecule has 0 bridgehead atoms. The van der Waals surface area contributed by atoms with Crippen LogP contribution in [0.2, 0.25) is 0 Å². The van der Waals surface area contributed by atoms with Crippen molar-refractivity contribution in [3.8, 4) is 0 Å². The van der Waals surface area contributed by atoms with Crippen molar-refractivity contribution in [3.63, 3.8) is 0 Å². The first-order valence-electron chi connectivity index (χ1n) is 11.3. The van der Waals surface area contributed by atoms with Gasteiger partial charge in [-0.25, -0.2) is 8.42 Å². The highest BCUT2D eigenvalue weighted by Gasteiger charge is 2.30. The topological polar surface area (TPSA) is 113 Å². The van der Waals surface area contributed by atoms with Gasteiger partial charge in [-0.3, -0.25) is 14.5 Å². The van der Waals surface area contributed by atoms with Crippen LogP contribution in [0.15, 0.2) is 29.2 Å². The van der Waals surface area contributed by atoms with Crippen molar-refractivity contribution in [2.45, 2.75) is 56.5 Å². The molecule has 0 unspecified atom stereocenters. The predicted molar refractivity (Wildman–Crippen MR) is 136 cm³/mol. The summed E-state index contributed by atoms with van der Waals surface area (Å²) in [5, 5.41) is 3.28. The van der Waals surface area contributed by atoms with Gasteiger partial charge < -0.3 is 11.1 Å². The molecule has 34 heavy (non-hydrogen) atoms. The lowest BCUT2D eigenvalue weighted by molar-refractivity contribution is 0.1000. The number of halogens is 1. The lowest BCUT2D eigenvalue weighted by atomic mass is 10.0. The fourth-order valence-electron chi connectivity index (χ4n) is 4.66. The Bertz CT molecular complexity index is 1160. The van der Waals surface area contributed by atoms with Crippen LogP contribution in [-0.4, -0.2) is 55.6 Å². The number of hydrogen-bond donors (Lipinski definition) is 2. The average molecular weight is 527 g/mol. The van der Waals surface area contributed by atoms with Crippen molar-refractivity contribution in [2.75, 3.05) is 25.5 Å². The Hall–Kier alpha value is -1.98. The fourth-order valence-corrected chi connectivity index (χ4v) is 7.37. The number of fused-ring (bicyclic) bond motifs is 1. The van der Waals surface area contributed by atoms with Crippen LogP contribution in [0, 0.1) is 0 Å². The molecule has 3 N–H and O–H groups in total. The van der Waals surface area contributed by atoms with Crippen LogP contribution in [0.1, 0.15) is 63.8 Å². The molecule has 2 aromatic rings. The molecule has 1 aliphatic carbocycles. The Kier molecular flexibility index (Phi) is 8.41. The summed E-state index contributed by atoms with van der Waals surface area (Å²) in [6, 6.07) is 5.95. The quantitative estimate of drug-likeness (QED) is 0.573. The lowest BCUT2D eigenvalue weighted by Crippen LogP contribution is -2.35. The minimum Gasteiger partial charge on any atom is -0.365 e. The van der Waals surface area contributed by atoms with Gasteiger partial charge in [-0.2, -0.15) is 4.31 Å². The summed E-state index contributed by atoms with van der Waals surface area (Å²) in [7, 11) is -1.99. The highest BCUT2D eigenvalue weighted by molar-refractivity contribution is 7.89. The number of nitrogens with two attached hydrogens (primary N) is 1. The summed E-state index contributed by atoms with van der Waals surface area (Å²) in [4.78, 5) is 28.5. The standard InChI is InChI=1S/C23H30N4O4S2.ClH/c1-3-27-13-12-18-19(14-27)32-23(20(18)21(24)28)25-22(29)15-8-10-17(11-9-15)33(30,31)26(2)16-6-4-5-7-16;/h8-11,16H,3-7,12-14H2,1-2H3,(H2,24,28)(H,25,29);1H. The summed E-state index contributed by atoms with van der Waals surface area (Å²) in [6.07, 6.45) is 4.55. The number of carbonyl (C=O) groups is 2. The predicted octanol–water partition coefficient (Wildman–Crippen LogP) is 3.46. The first-order chi connectivity index (χ1) is 15.7. The summed E-state index contributed by atoms with van der Waals surface area (Å²) in [6.45, 7) is 4.58. The van der Waals surface area contributed by atoms with Crippen LogP contribution in [0.3, 0.4) is 0 Å². The van der Waals surface area contributed by atoms with Crippen LogP contribution >= 0.6 is 23.7 Å². The van der Waals surface area contributed by atoms with E-state index in [1.54, 1.807) is 7.05 Å². The Morgan fingerprint density at radius 1 is 1.21 bits per heavy atom. The Labute approximate surface area is 211 Å². The zero-order valence-corrected chi connectivity index (χ0v) is 21.8. The second kappa shape index (κ2) is 10.7. The Morgan fingerprint density at radius 3 is 2.44 bits per heavy atom. The SMILES string of the molecule is CCN1CCc2c(sc(NC(=O)c3ccc(S(=O)(=O)N(C)C4CCCC4)cc3)c2C(N)=O)C1.Cl. The first kappa shape index (κ1) is 26.6. The molecule has 186 valence electrons. The molecule has 0 spiro atoms. The maximum Gasteiger partial charge on any atom is 0.256 e. The highest BCUT2D eigenvalue weighted by atomic mass is 35.5. The van der Waals surface area contributed by atoms with Crippen LogP contribution in [0.5, 0.6) is 0 Å². The summed E-state index contributed by atoms with van der Waals surface area (Å²) in [5.41, 5.74) is 7.26. The second-order valence-corrected chi connectivity index (χ2v) is 11.7. The summed E-state index contributed by atoms with van der Waals surface area (Å²) < 4.78 is 27.3. The largest absolute Gasteiger partial charge is 0.365 e. The molecule has 2 amide bonds. The average Bonchev–Trinajstić information content (AvgIpc) is 3.45. The highest BCUT2D eigenvalue weighted by Crippen LogP contribution is 2.37. The molecule has 1 saturated carbocycles.